The standard InChI is InChI=1S/C19H28N4O5/c1-19(2,3)28-18(27)22-14(16(25)26)11-7-8-12-21-17(20)23-15(24)13-9-5-4-6-10-13/h4-6,9-10,14H,7-8,11-12H2,1-3H3,(H,22,27)(H,25,26)(H3,20,21,23,24)/t14-/m0/s1. The zero-order valence-corrected chi connectivity index (χ0v) is 16.4. The van der Waals surface area contributed by atoms with Crippen molar-refractivity contribution in [3.63, 3.8) is 0 Å². The van der Waals surface area contributed by atoms with Crippen molar-refractivity contribution in [2.45, 2.75) is 51.7 Å². The number of hydrogen-bond acceptors (Lipinski definition) is 5. The number of benzene rings is 1. The molecule has 0 saturated heterocycles. The molecule has 0 heterocycles. The number of rotatable bonds is 8. The number of aliphatic carboxylic acids is 1. The molecule has 0 radical (unpaired) electrons. The van der Waals surface area contributed by atoms with Crippen LogP contribution in [0.2, 0.25) is 0 Å². The van der Waals surface area contributed by atoms with Crippen molar-refractivity contribution in [1.82, 2.24) is 10.6 Å². The second-order valence-corrected chi connectivity index (χ2v) is 7.12. The maximum Gasteiger partial charge on any atom is 0.408 e. The lowest BCUT2D eigenvalue weighted by Crippen LogP contribution is -2.43. The molecule has 1 atom stereocenters. The van der Waals surface area contributed by atoms with Crippen LogP contribution in [0.1, 0.15) is 50.4 Å². The van der Waals surface area contributed by atoms with Gasteiger partial charge in [0.1, 0.15) is 11.6 Å². The molecule has 0 aliphatic rings. The van der Waals surface area contributed by atoms with E-state index in [2.05, 4.69) is 15.6 Å². The molecule has 28 heavy (non-hydrogen) atoms. The molecular formula is C19H28N4O5. The summed E-state index contributed by atoms with van der Waals surface area (Å²) in [5.74, 6) is -1.49. The monoisotopic (exact) mass is 392 g/mol. The summed E-state index contributed by atoms with van der Waals surface area (Å²) in [5, 5.41) is 14.0. The topological polar surface area (TPSA) is 143 Å². The molecule has 1 aromatic carbocycles. The molecule has 154 valence electrons. The van der Waals surface area contributed by atoms with Gasteiger partial charge >= 0.3 is 12.1 Å². The molecular weight excluding hydrogens is 364 g/mol. The van der Waals surface area contributed by atoms with Crippen LogP contribution >= 0.6 is 0 Å². The second kappa shape index (κ2) is 10.9. The molecule has 0 unspecified atom stereocenters. The lowest BCUT2D eigenvalue weighted by atomic mass is 10.1. The number of nitrogens with one attached hydrogen (secondary N) is 2. The number of nitrogens with zero attached hydrogens (tertiary/aromatic N) is 1. The Bertz CT molecular complexity index is 698. The van der Waals surface area contributed by atoms with Gasteiger partial charge in [0.05, 0.1) is 0 Å². The van der Waals surface area contributed by atoms with Gasteiger partial charge in [0.25, 0.3) is 5.91 Å². The summed E-state index contributed by atoms with van der Waals surface area (Å²) in [5.41, 5.74) is 5.44. The van der Waals surface area contributed by atoms with Crippen molar-refractivity contribution in [3.8, 4) is 0 Å². The minimum absolute atomic E-state index is 0.00415. The number of ether oxygens (including phenoxy) is 1. The van der Waals surface area contributed by atoms with Crippen molar-refractivity contribution < 1.29 is 24.2 Å². The molecule has 1 rings (SSSR count). The number of nitrogens with two attached hydrogens (primary N) is 1. The van der Waals surface area contributed by atoms with E-state index in [0.29, 0.717) is 24.9 Å². The molecule has 0 aliphatic carbocycles. The second-order valence-electron chi connectivity index (χ2n) is 7.12. The lowest BCUT2D eigenvalue weighted by Gasteiger charge is -2.21. The smallest absolute Gasteiger partial charge is 0.408 e. The maximum atomic E-state index is 11.9. The third-order valence-electron chi connectivity index (χ3n) is 3.45. The largest absolute Gasteiger partial charge is 0.480 e. The molecule has 0 spiro atoms. The van der Waals surface area contributed by atoms with Gasteiger partial charge < -0.3 is 20.9 Å². The van der Waals surface area contributed by atoms with Gasteiger partial charge in [-0.1, -0.05) is 18.2 Å². The normalized spacial score (nSPS) is 12.8. The van der Waals surface area contributed by atoms with Crippen molar-refractivity contribution in [2.24, 2.45) is 10.7 Å². The average molecular weight is 392 g/mol. The van der Waals surface area contributed by atoms with Crippen LogP contribution < -0.4 is 16.4 Å². The number of aliphatic imine (C=N–C) groups is 1. The Hall–Kier alpha value is -3.10. The third kappa shape index (κ3) is 9.56. The quantitative estimate of drug-likeness (QED) is 0.302. The van der Waals surface area contributed by atoms with Gasteiger partial charge in [-0.3, -0.25) is 15.1 Å². The van der Waals surface area contributed by atoms with Crippen LogP contribution in [0.15, 0.2) is 35.3 Å². The molecule has 0 bridgehead atoms. The summed E-state index contributed by atoms with van der Waals surface area (Å²) in [6, 6.07) is 7.56. The maximum absolute atomic E-state index is 11.9. The van der Waals surface area contributed by atoms with Gasteiger partial charge in [-0.15, -0.1) is 0 Å². The Balaban J connectivity index is 2.36. The zero-order chi connectivity index (χ0) is 21.2. The first kappa shape index (κ1) is 22.9. The Labute approximate surface area is 164 Å². The van der Waals surface area contributed by atoms with Gasteiger partial charge in [-0.2, -0.15) is 0 Å². The third-order valence-corrected chi connectivity index (χ3v) is 3.45. The molecule has 2 amide bonds. The molecule has 0 aromatic heterocycles. The Morgan fingerprint density at radius 3 is 2.39 bits per heavy atom. The average Bonchev–Trinajstić information content (AvgIpc) is 2.59. The number of carboxylic acid groups (broad SMARTS) is 1. The molecule has 5 N–H and O–H groups in total. The summed E-state index contributed by atoms with van der Waals surface area (Å²) in [4.78, 5) is 38.9. The highest BCUT2D eigenvalue weighted by Crippen LogP contribution is 2.08. The van der Waals surface area contributed by atoms with Crippen LogP contribution in [-0.2, 0) is 9.53 Å². The fourth-order valence-corrected chi connectivity index (χ4v) is 2.18. The van der Waals surface area contributed by atoms with Crippen molar-refractivity contribution in [3.05, 3.63) is 35.9 Å². The molecule has 9 nitrogen and oxygen atoms in total. The number of carboxylic acids is 1. The zero-order valence-electron chi connectivity index (χ0n) is 16.4. The summed E-state index contributed by atoms with van der Waals surface area (Å²) >= 11 is 0. The van der Waals surface area contributed by atoms with E-state index >= 15 is 0 Å². The molecule has 0 saturated carbocycles. The number of guanidine groups is 1. The van der Waals surface area contributed by atoms with Gasteiger partial charge in [-0.05, 0) is 52.2 Å². The van der Waals surface area contributed by atoms with Gasteiger partial charge in [-0.25, -0.2) is 9.59 Å². The first-order chi connectivity index (χ1) is 13.1. The highest BCUT2D eigenvalue weighted by Gasteiger charge is 2.23. The number of unbranched alkanes of at least 4 members (excludes halogenated alkanes) is 1. The number of carbonyl (C=O) groups is 3. The minimum Gasteiger partial charge on any atom is -0.480 e. The van der Waals surface area contributed by atoms with Crippen LogP contribution in [-0.4, -0.2) is 47.2 Å². The number of alkyl carbamates (subject to hydrolysis) is 1. The first-order valence-corrected chi connectivity index (χ1v) is 8.97. The van der Waals surface area contributed by atoms with Gasteiger partial charge in [0, 0.05) is 12.1 Å². The van der Waals surface area contributed by atoms with Crippen LogP contribution in [0.5, 0.6) is 0 Å². The SMILES string of the molecule is CC(C)(C)OC(=O)N[C@@H](CCCCN=C(N)NC(=O)c1ccccc1)C(=O)O. The minimum atomic E-state index is -1.14. The van der Waals surface area contributed by atoms with E-state index in [9.17, 15) is 19.5 Å². The van der Waals surface area contributed by atoms with Gasteiger partial charge in [0.15, 0.2) is 5.96 Å². The first-order valence-electron chi connectivity index (χ1n) is 8.97. The molecule has 9 heteroatoms. The number of hydrogen-bond donors (Lipinski definition) is 4. The van der Waals surface area contributed by atoms with E-state index in [4.69, 9.17) is 10.5 Å². The summed E-state index contributed by atoms with van der Waals surface area (Å²) in [6.45, 7) is 5.41. The fourth-order valence-electron chi connectivity index (χ4n) is 2.18. The number of carbonyl (C=O) groups excluding carboxylic acids is 2. The molecule has 0 fully saturated rings. The Morgan fingerprint density at radius 2 is 1.82 bits per heavy atom. The molecule has 0 aliphatic heterocycles. The van der Waals surface area contributed by atoms with E-state index in [0.717, 1.165) is 0 Å². The van der Waals surface area contributed by atoms with E-state index in [1.165, 1.54) is 0 Å². The fraction of sp³-hybridized carbons (Fsp3) is 0.474. The number of amides is 2. The highest BCUT2D eigenvalue weighted by atomic mass is 16.6. The van der Waals surface area contributed by atoms with E-state index in [-0.39, 0.29) is 18.3 Å². The highest BCUT2D eigenvalue weighted by molar-refractivity contribution is 6.05. The van der Waals surface area contributed by atoms with Crippen LogP contribution in [0.4, 0.5) is 4.79 Å². The van der Waals surface area contributed by atoms with E-state index in [1.807, 2.05) is 0 Å². The summed E-state index contributed by atoms with van der Waals surface area (Å²) < 4.78 is 5.06. The molecule has 1 aromatic rings. The summed E-state index contributed by atoms with van der Waals surface area (Å²) in [6.07, 6.45) is 0.490. The van der Waals surface area contributed by atoms with Crippen molar-refractivity contribution in [1.29, 1.82) is 0 Å². The summed E-state index contributed by atoms with van der Waals surface area (Å²) in [7, 11) is 0. The predicted octanol–water partition coefficient (Wildman–Crippen LogP) is 1.88. The Kier molecular flexibility index (Phi) is 8.94. The van der Waals surface area contributed by atoms with E-state index < -0.39 is 23.7 Å². The van der Waals surface area contributed by atoms with Crippen LogP contribution in [0.25, 0.3) is 0 Å². The van der Waals surface area contributed by atoms with Crippen LogP contribution in [0, 0.1) is 0 Å². The Morgan fingerprint density at radius 1 is 1.18 bits per heavy atom. The van der Waals surface area contributed by atoms with Crippen molar-refractivity contribution >= 4 is 23.9 Å². The van der Waals surface area contributed by atoms with Gasteiger partial charge in [0.2, 0.25) is 0 Å². The lowest BCUT2D eigenvalue weighted by molar-refractivity contribution is -0.139. The predicted molar refractivity (Wildman–Crippen MR) is 105 cm³/mol. The van der Waals surface area contributed by atoms with Crippen LogP contribution in [0.3, 0.4) is 0 Å². The van der Waals surface area contributed by atoms with Crippen molar-refractivity contribution in [2.75, 3.05) is 6.54 Å². The van der Waals surface area contributed by atoms with E-state index in [1.54, 1.807) is 51.1 Å².